The highest BCUT2D eigenvalue weighted by atomic mass is 16.5. The van der Waals surface area contributed by atoms with Gasteiger partial charge in [0.1, 0.15) is 23.0 Å². The summed E-state index contributed by atoms with van der Waals surface area (Å²) in [5, 5.41) is 4.75. The fourth-order valence-electron chi connectivity index (χ4n) is 9.80. The number of unbranched alkanes of at least 4 members (excludes halogenated alkanes) is 1. The van der Waals surface area contributed by atoms with Crippen molar-refractivity contribution < 1.29 is 9.15 Å². The third-order valence-corrected chi connectivity index (χ3v) is 13.0. The maximum absolute atomic E-state index is 6.51. The number of hydrogen-bond donors (Lipinski definition) is 0. The number of para-hydroxylation sites is 1. The molecule has 11 rings (SSSR count). The van der Waals surface area contributed by atoms with E-state index in [4.69, 9.17) is 9.15 Å². The van der Waals surface area contributed by atoms with E-state index in [-0.39, 0.29) is 6.10 Å². The van der Waals surface area contributed by atoms with Crippen LogP contribution in [0, 0.1) is 0 Å². The molecule has 0 bridgehead atoms. The van der Waals surface area contributed by atoms with Crippen LogP contribution in [0.5, 0.6) is 0 Å². The first-order chi connectivity index (χ1) is 29.7. The summed E-state index contributed by atoms with van der Waals surface area (Å²) in [7, 11) is 0. The van der Waals surface area contributed by atoms with Gasteiger partial charge in [0.25, 0.3) is 0 Å². The standard InChI is InChI=1S/C57H49NO2/c1-2-3-10-38-17-19-39(20-18-38)40-23-30-45(31-24-40)58(47-34-27-42(28-35-47)48-13-9-16-54-56(48)49-11-5-4-6-14-52(49)59-54)46-32-25-41(26-33-46)44-22-21-43-29-36-55-57(51(43)37-44)50-12-7-8-15-53(50)60-55/h7-9,11-15,17-19,21-37,39,54H,2-6,10,16,20H2,1H3. The Labute approximate surface area is 353 Å². The Hall–Kier alpha value is -6.58. The molecule has 1 aromatic heterocycles. The summed E-state index contributed by atoms with van der Waals surface area (Å²) in [6.07, 6.45) is 25.6. The van der Waals surface area contributed by atoms with Crippen LogP contribution in [-0.2, 0) is 4.74 Å². The Morgan fingerprint density at radius 3 is 2.17 bits per heavy atom. The van der Waals surface area contributed by atoms with Gasteiger partial charge in [0.05, 0.1) is 0 Å². The van der Waals surface area contributed by atoms with Gasteiger partial charge in [-0.25, -0.2) is 0 Å². The summed E-state index contributed by atoms with van der Waals surface area (Å²) in [6.45, 7) is 2.27. The lowest BCUT2D eigenvalue weighted by Crippen LogP contribution is -2.12. The topological polar surface area (TPSA) is 25.6 Å². The van der Waals surface area contributed by atoms with Crippen molar-refractivity contribution in [3.8, 4) is 11.1 Å². The van der Waals surface area contributed by atoms with Crippen molar-refractivity contribution in [1.82, 2.24) is 0 Å². The first kappa shape index (κ1) is 36.5. The van der Waals surface area contributed by atoms with E-state index in [2.05, 4.69) is 176 Å². The number of fused-ring (bicyclic) bond motifs is 8. The molecule has 6 aromatic carbocycles. The smallest absolute Gasteiger partial charge is 0.136 e. The molecule has 0 spiro atoms. The van der Waals surface area contributed by atoms with Crippen LogP contribution in [0.4, 0.5) is 17.1 Å². The molecule has 60 heavy (non-hydrogen) atoms. The SMILES string of the molecule is CCCCC1=CCC(c2ccc(N(c3ccc(C4=C5C6=CCCCC=C6OC5CC=C4)cc3)c3ccc(-c4ccc5ccc6oc7ccccc7c6c5c4)cc3)cc2)C=C1. The van der Waals surface area contributed by atoms with Gasteiger partial charge in [-0.05, 0) is 138 Å². The number of hydrogen-bond acceptors (Lipinski definition) is 3. The second-order valence-electron chi connectivity index (χ2n) is 16.8. The van der Waals surface area contributed by atoms with Crippen molar-refractivity contribution >= 4 is 55.3 Å². The van der Waals surface area contributed by atoms with Gasteiger partial charge in [-0.3, -0.25) is 0 Å². The number of allylic oxidation sites excluding steroid dienone is 9. The molecular weight excluding hydrogens is 731 g/mol. The number of furan rings is 1. The van der Waals surface area contributed by atoms with Crippen LogP contribution in [-0.4, -0.2) is 6.10 Å². The molecule has 2 unspecified atom stereocenters. The lowest BCUT2D eigenvalue weighted by Gasteiger charge is -2.27. The lowest BCUT2D eigenvalue weighted by molar-refractivity contribution is 0.184. The molecule has 3 heteroatoms. The molecule has 1 aliphatic heterocycles. The molecule has 7 aromatic rings. The van der Waals surface area contributed by atoms with E-state index < -0.39 is 0 Å². The van der Waals surface area contributed by atoms with Gasteiger partial charge in [-0.2, -0.15) is 0 Å². The highest BCUT2D eigenvalue weighted by molar-refractivity contribution is 6.19. The third kappa shape index (κ3) is 6.63. The summed E-state index contributed by atoms with van der Waals surface area (Å²) < 4.78 is 12.8. The largest absolute Gasteiger partial charge is 0.485 e. The van der Waals surface area contributed by atoms with Crippen LogP contribution >= 0.6 is 0 Å². The predicted molar refractivity (Wildman–Crippen MR) is 251 cm³/mol. The van der Waals surface area contributed by atoms with Crippen LogP contribution < -0.4 is 4.90 Å². The Morgan fingerprint density at radius 2 is 1.38 bits per heavy atom. The molecule has 1 fully saturated rings. The van der Waals surface area contributed by atoms with Crippen LogP contribution in [0.2, 0.25) is 0 Å². The van der Waals surface area contributed by atoms with Gasteiger partial charge in [0.15, 0.2) is 0 Å². The molecule has 3 aliphatic carbocycles. The maximum atomic E-state index is 6.51. The van der Waals surface area contributed by atoms with E-state index in [1.54, 1.807) is 0 Å². The fourth-order valence-corrected chi connectivity index (χ4v) is 9.80. The van der Waals surface area contributed by atoms with Crippen LogP contribution in [0.3, 0.4) is 0 Å². The normalized spacial score (nSPS) is 18.5. The average molecular weight is 780 g/mol. The monoisotopic (exact) mass is 779 g/mol. The van der Waals surface area contributed by atoms with Gasteiger partial charge in [-0.15, -0.1) is 0 Å². The molecule has 0 radical (unpaired) electrons. The summed E-state index contributed by atoms with van der Waals surface area (Å²) in [6, 6.07) is 46.9. The van der Waals surface area contributed by atoms with Crippen molar-refractivity contribution in [1.29, 1.82) is 0 Å². The molecule has 0 saturated carbocycles. The Kier molecular flexibility index (Phi) is 9.46. The van der Waals surface area contributed by atoms with E-state index in [0.29, 0.717) is 5.92 Å². The fraction of sp³-hybridized carbons (Fsp3) is 0.193. The van der Waals surface area contributed by atoms with Gasteiger partial charge in [0.2, 0.25) is 0 Å². The predicted octanol–water partition coefficient (Wildman–Crippen LogP) is 16.1. The van der Waals surface area contributed by atoms with Crippen molar-refractivity contribution in [3.63, 3.8) is 0 Å². The van der Waals surface area contributed by atoms with Crippen LogP contribution in [0.25, 0.3) is 49.4 Å². The third-order valence-electron chi connectivity index (χ3n) is 13.0. The molecule has 3 nitrogen and oxygen atoms in total. The van der Waals surface area contributed by atoms with E-state index >= 15 is 0 Å². The zero-order valence-electron chi connectivity index (χ0n) is 34.2. The highest BCUT2D eigenvalue weighted by Gasteiger charge is 2.35. The summed E-state index contributed by atoms with van der Waals surface area (Å²) in [4.78, 5) is 2.39. The van der Waals surface area contributed by atoms with Crippen molar-refractivity contribution in [3.05, 3.63) is 204 Å². The highest BCUT2D eigenvalue weighted by Crippen LogP contribution is 2.46. The first-order valence-corrected chi connectivity index (χ1v) is 22.0. The average Bonchev–Trinajstić information content (AvgIpc) is 3.78. The number of rotatable bonds is 9. The van der Waals surface area contributed by atoms with E-state index in [0.717, 1.165) is 65.1 Å². The van der Waals surface area contributed by atoms with Gasteiger partial charge in [-0.1, -0.05) is 128 Å². The van der Waals surface area contributed by atoms with Gasteiger partial charge in [0, 0.05) is 51.3 Å². The summed E-state index contributed by atoms with van der Waals surface area (Å²) in [5.41, 5.74) is 15.6. The zero-order chi connectivity index (χ0) is 40.0. The second kappa shape index (κ2) is 15.5. The number of nitrogens with zero attached hydrogens (tertiary/aromatic N) is 1. The molecule has 1 saturated heterocycles. The zero-order valence-corrected chi connectivity index (χ0v) is 34.2. The second-order valence-corrected chi connectivity index (χ2v) is 16.8. The molecular formula is C57H49NO2. The summed E-state index contributed by atoms with van der Waals surface area (Å²) >= 11 is 0. The van der Waals surface area contributed by atoms with Crippen LogP contribution in [0.15, 0.2) is 197 Å². The van der Waals surface area contributed by atoms with Gasteiger partial charge >= 0.3 is 0 Å². The minimum absolute atomic E-state index is 0.0962. The Bertz CT molecular complexity index is 2950. The maximum Gasteiger partial charge on any atom is 0.136 e. The molecule has 0 amide bonds. The molecule has 4 aliphatic rings. The van der Waals surface area contributed by atoms with Crippen molar-refractivity contribution in [2.75, 3.05) is 4.90 Å². The Morgan fingerprint density at radius 1 is 0.650 bits per heavy atom. The summed E-state index contributed by atoms with van der Waals surface area (Å²) in [5.74, 6) is 1.48. The number of ether oxygens (including phenoxy) is 1. The molecule has 0 N–H and O–H groups in total. The van der Waals surface area contributed by atoms with Gasteiger partial charge < -0.3 is 14.1 Å². The Balaban J connectivity index is 0.948. The number of benzene rings is 6. The molecule has 294 valence electrons. The first-order valence-electron chi connectivity index (χ1n) is 22.0. The lowest BCUT2D eigenvalue weighted by atomic mass is 9.87. The number of anilines is 3. The van der Waals surface area contributed by atoms with E-state index in [9.17, 15) is 0 Å². The minimum atomic E-state index is 0.0962. The minimum Gasteiger partial charge on any atom is -0.485 e. The van der Waals surface area contributed by atoms with Crippen molar-refractivity contribution in [2.45, 2.75) is 70.3 Å². The van der Waals surface area contributed by atoms with E-state index in [1.807, 2.05) is 6.07 Å². The quantitative estimate of drug-likeness (QED) is 0.146. The molecule has 2 atom stereocenters. The van der Waals surface area contributed by atoms with Crippen LogP contribution in [0.1, 0.15) is 75.3 Å². The van der Waals surface area contributed by atoms with Crippen molar-refractivity contribution in [2.24, 2.45) is 0 Å². The molecule has 2 heterocycles. The van der Waals surface area contributed by atoms with E-state index in [1.165, 1.54) is 86.4 Å².